The van der Waals surface area contributed by atoms with Crippen LogP contribution in [0.25, 0.3) is 0 Å². The number of benzene rings is 1. The van der Waals surface area contributed by atoms with Crippen LogP contribution in [0.2, 0.25) is 0 Å². The molecule has 0 saturated carbocycles. The van der Waals surface area contributed by atoms with E-state index in [-0.39, 0.29) is 0 Å². The third kappa shape index (κ3) is 2.00. The third-order valence-corrected chi connectivity index (χ3v) is 2.10. The van der Waals surface area contributed by atoms with Crippen LogP contribution in [-0.4, -0.2) is 6.54 Å². The van der Waals surface area contributed by atoms with Crippen molar-refractivity contribution in [2.45, 2.75) is 20.3 Å². The first kappa shape index (κ1) is 9.60. The van der Waals surface area contributed by atoms with Crippen LogP contribution in [0.4, 0.5) is 5.69 Å². The quantitative estimate of drug-likeness (QED) is 0.520. The molecule has 0 aliphatic carbocycles. The van der Waals surface area contributed by atoms with Gasteiger partial charge in [0.05, 0.1) is 5.69 Å². The predicted octanol–water partition coefficient (Wildman–Crippen LogP) is 2.56. The number of anilines is 1. The summed E-state index contributed by atoms with van der Waals surface area (Å²) in [5.41, 5.74) is 2.26. The molecular weight excluding hydrogens is 160 g/mol. The number of nitrogens with zero attached hydrogens (tertiary/aromatic N) is 2. The minimum absolute atomic E-state index is 0.730. The van der Waals surface area contributed by atoms with Crippen molar-refractivity contribution in [3.63, 3.8) is 0 Å². The van der Waals surface area contributed by atoms with Crippen molar-refractivity contribution in [2.24, 2.45) is 0 Å². The Morgan fingerprint density at radius 1 is 1.31 bits per heavy atom. The molecule has 0 aromatic heterocycles. The van der Waals surface area contributed by atoms with E-state index in [2.05, 4.69) is 19.2 Å². The van der Waals surface area contributed by atoms with Crippen LogP contribution >= 0.6 is 0 Å². The Bertz CT molecular complexity index is 312. The minimum atomic E-state index is 0.730. The second-order valence-electron chi connectivity index (χ2n) is 2.83. The molecule has 0 bridgehead atoms. The molecule has 0 heterocycles. The van der Waals surface area contributed by atoms with Crippen molar-refractivity contribution in [1.29, 1.82) is 5.26 Å². The normalized spacial score (nSPS) is 9.31. The predicted molar refractivity (Wildman–Crippen MR) is 54.5 cm³/mol. The van der Waals surface area contributed by atoms with Crippen LogP contribution in [0.1, 0.15) is 19.4 Å². The van der Waals surface area contributed by atoms with Crippen LogP contribution in [0, 0.1) is 11.5 Å². The number of nitriles is 1. The fourth-order valence-corrected chi connectivity index (χ4v) is 1.37. The zero-order valence-electron chi connectivity index (χ0n) is 8.12. The molecule has 2 heteroatoms. The summed E-state index contributed by atoms with van der Waals surface area (Å²) in [6.45, 7) is 4.81. The van der Waals surface area contributed by atoms with E-state index >= 15 is 0 Å². The summed E-state index contributed by atoms with van der Waals surface area (Å²) in [5, 5.41) is 8.88. The Hall–Kier alpha value is -1.49. The first-order chi connectivity index (χ1) is 6.33. The summed E-state index contributed by atoms with van der Waals surface area (Å²) < 4.78 is 0. The highest BCUT2D eigenvalue weighted by atomic mass is 15.1. The molecule has 0 amide bonds. The molecule has 0 aliphatic heterocycles. The Balaban J connectivity index is 3.05. The molecule has 0 atom stereocenters. The third-order valence-electron chi connectivity index (χ3n) is 2.10. The van der Waals surface area contributed by atoms with Gasteiger partial charge in [-0.1, -0.05) is 25.1 Å². The number of rotatable bonds is 3. The lowest BCUT2D eigenvalue weighted by molar-refractivity contribution is 0.998. The van der Waals surface area contributed by atoms with E-state index in [9.17, 15) is 0 Å². The Kier molecular flexibility index (Phi) is 3.33. The van der Waals surface area contributed by atoms with Crippen molar-refractivity contribution in [2.75, 3.05) is 11.4 Å². The Morgan fingerprint density at radius 2 is 2.00 bits per heavy atom. The molecular formula is C11H14N2. The van der Waals surface area contributed by atoms with Gasteiger partial charge in [-0.2, -0.15) is 5.26 Å². The fraction of sp³-hybridized carbons (Fsp3) is 0.364. The van der Waals surface area contributed by atoms with Crippen molar-refractivity contribution >= 4 is 5.69 Å². The Morgan fingerprint density at radius 3 is 2.54 bits per heavy atom. The van der Waals surface area contributed by atoms with E-state index in [4.69, 9.17) is 5.26 Å². The van der Waals surface area contributed by atoms with Crippen LogP contribution in [0.15, 0.2) is 24.3 Å². The van der Waals surface area contributed by atoms with Gasteiger partial charge >= 0.3 is 0 Å². The van der Waals surface area contributed by atoms with E-state index in [0.717, 1.165) is 18.7 Å². The van der Waals surface area contributed by atoms with E-state index in [0.29, 0.717) is 0 Å². The molecule has 0 aliphatic rings. The first-order valence-corrected chi connectivity index (χ1v) is 4.58. The molecule has 68 valence electrons. The average Bonchev–Trinajstić information content (AvgIpc) is 2.20. The van der Waals surface area contributed by atoms with Gasteiger partial charge in [0.1, 0.15) is 0 Å². The molecule has 0 N–H and O–H groups in total. The number of aryl methyl sites for hydroxylation is 1. The molecule has 1 aromatic carbocycles. The molecule has 0 unspecified atom stereocenters. The summed E-state index contributed by atoms with van der Waals surface area (Å²) in [6, 6.07) is 8.03. The van der Waals surface area contributed by atoms with Gasteiger partial charge in [0.2, 0.25) is 0 Å². The van der Waals surface area contributed by atoms with Crippen molar-refractivity contribution in [3.8, 4) is 6.19 Å². The smallest absolute Gasteiger partial charge is 0.184 e. The highest BCUT2D eigenvalue weighted by Crippen LogP contribution is 2.19. The average molecular weight is 174 g/mol. The highest BCUT2D eigenvalue weighted by molar-refractivity contribution is 5.56. The molecule has 0 saturated heterocycles. The summed E-state index contributed by atoms with van der Waals surface area (Å²) in [7, 11) is 0. The van der Waals surface area contributed by atoms with Crippen LogP contribution in [0.5, 0.6) is 0 Å². The van der Waals surface area contributed by atoms with Crippen LogP contribution < -0.4 is 4.90 Å². The highest BCUT2D eigenvalue weighted by Gasteiger charge is 2.05. The van der Waals surface area contributed by atoms with Gasteiger partial charge in [0.15, 0.2) is 6.19 Å². The second-order valence-corrected chi connectivity index (χ2v) is 2.83. The van der Waals surface area contributed by atoms with E-state index < -0.39 is 0 Å². The number of para-hydroxylation sites is 1. The maximum absolute atomic E-state index is 8.88. The van der Waals surface area contributed by atoms with Crippen molar-refractivity contribution in [1.82, 2.24) is 0 Å². The topological polar surface area (TPSA) is 27.0 Å². The molecule has 1 rings (SSSR count). The molecule has 0 spiro atoms. The Labute approximate surface area is 79.4 Å². The van der Waals surface area contributed by atoms with Gasteiger partial charge in [-0.25, -0.2) is 0 Å². The summed E-state index contributed by atoms with van der Waals surface area (Å²) in [4.78, 5) is 1.71. The zero-order chi connectivity index (χ0) is 9.68. The summed E-state index contributed by atoms with van der Waals surface area (Å²) in [5.74, 6) is 0. The molecule has 0 fully saturated rings. The summed E-state index contributed by atoms with van der Waals surface area (Å²) >= 11 is 0. The molecule has 2 nitrogen and oxygen atoms in total. The van der Waals surface area contributed by atoms with Crippen molar-refractivity contribution in [3.05, 3.63) is 29.8 Å². The van der Waals surface area contributed by atoms with Gasteiger partial charge in [0.25, 0.3) is 0 Å². The maximum atomic E-state index is 8.88. The fourth-order valence-electron chi connectivity index (χ4n) is 1.37. The molecule has 1 aromatic rings. The van der Waals surface area contributed by atoms with E-state index in [1.165, 1.54) is 5.56 Å². The van der Waals surface area contributed by atoms with Gasteiger partial charge < -0.3 is 0 Å². The van der Waals surface area contributed by atoms with E-state index in [1.807, 2.05) is 25.1 Å². The molecule has 0 radical (unpaired) electrons. The van der Waals surface area contributed by atoms with Crippen LogP contribution in [-0.2, 0) is 6.42 Å². The SMILES string of the molecule is CCc1ccccc1N(C#N)CC. The first-order valence-electron chi connectivity index (χ1n) is 4.58. The summed E-state index contributed by atoms with van der Waals surface area (Å²) in [6.07, 6.45) is 3.14. The number of hydrogen-bond acceptors (Lipinski definition) is 2. The second kappa shape index (κ2) is 4.51. The number of hydrogen-bond donors (Lipinski definition) is 0. The van der Waals surface area contributed by atoms with Gasteiger partial charge in [-0.05, 0) is 25.0 Å². The molecule has 13 heavy (non-hydrogen) atoms. The van der Waals surface area contributed by atoms with Gasteiger partial charge in [-0.3, -0.25) is 4.90 Å². The zero-order valence-corrected chi connectivity index (χ0v) is 8.12. The lowest BCUT2D eigenvalue weighted by Gasteiger charge is -2.16. The van der Waals surface area contributed by atoms with Crippen molar-refractivity contribution < 1.29 is 0 Å². The van der Waals surface area contributed by atoms with Crippen LogP contribution in [0.3, 0.4) is 0 Å². The standard InChI is InChI=1S/C11H14N2/c1-3-10-7-5-6-8-11(10)13(4-2)9-12/h5-8H,3-4H2,1-2H3. The monoisotopic (exact) mass is 174 g/mol. The largest absolute Gasteiger partial charge is 0.279 e. The van der Waals surface area contributed by atoms with E-state index in [1.54, 1.807) is 4.90 Å². The van der Waals surface area contributed by atoms with Gasteiger partial charge in [0, 0.05) is 6.54 Å². The minimum Gasteiger partial charge on any atom is -0.279 e. The van der Waals surface area contributed by atoms with Gasteiger partial charge in [-0.15, -0.1) is 0 Å². The lowest BCUT2D eigenvalue weighted by Crippen LogP contribution is -2.16. The lowest BCUT2D eigenvalue weighted by atomic mass is 10.1. The maximum Gasteiger partial charge on any atom is 0.184 e.